The van der Waals surface area contributed by atoms with Gasteiger partial charge in [-0.05, 0) is 6.07 Å². The van der Waals surface area contributed by atoms with Gasteiger partial charge in [-0.1, -0.05) is 23.2 Å². The highest BCUT2D eigenvalue weighted by Crippen LogP contribution is 2.21. The third-order valence-electron chi connectivity index (χ3n) is 1.68. The minimum atomic E-state index is 0.430. The maximum atomic E-state index is 10.6. The number of carbonyl (C=O) groups is 1. The lowest BCUT2D eigenvalue weighted by molar-refractivity contribution is 0.111. The van der Waals surface area contributed by atoms with Gasteiger partial charge in [-0.15, -0.1) is 0 Å². The molecule has 0 amide bonds. The molecule has 0 bridgehead atoms. The average molecular weight is 215 g/mol. The molecule has 0 N–H and O–H groups in total. The van der Waals surface area contributed by atoms with Crippen LogP contribution in [0.1, 0.15) is 10.5 Å². The van der Waals surface area contributed by atoms with Crippen LogP contribution in [-0.2, 0) is 0 Å². The Morgan fingerprint density at radius 1 is 1.46 bits per heavy atom. The molecular weight excluding hydrogens is 211 g/mol. The maximum absolute atomic E-state index is 10.6. The molecule has 0 fully saturated rings. The van der Waals surface area contributed by atoms with Crippen molar-refractivity contribution < 1.29 is 4.79 Å². The minimum absolute atomic E-state index is 0.430. The first kappa shape index (κ1) is 8.53. The second kappa shape index (κ2) is 3.01. The lowest BCUT2D eigenvalue weighted by atomic mass is 10.4. The summed E-state index contributed by atoms with van der Waals surface area (Å²) in [5, 5.41) is 0.902. The Hall–Kier alpha value is -1.06. The monoisotopic (exact) mass is 214 g/mol. The van der Waals surface area contributed by atoms with E-state index in [0.29, 0.717) is 27.7 Å². The molecule has 2 rings (SSSR count). The minimum Gasteiger partial charge on any atom is -0.296 e. The normalized spacial score (nSPS) is 10.6. The van der Waals surface area contributed by atoms with Crippen molar-refractivity contribution in [3.63, 3.8) is 0 Å². The number of aromatic nitrogens is 2. The van der Waals surface area contributed by atoms with Crippen molar-refractivity contribution in [1.29, 1.82) is 0 Å². The predicted octanol–water partition coefficient (Wildman–Crippen LogP) is 2.45. The quantitative estimate of drug-likeness (QED) is 0.684. The van der Waals surface area contributed by atoms with E-state index in [9.17, 15) is 4.79 Å². The Bertz CT molecular complexity index is 478. The van der Waals surface area contributed by atoms with E-state index in [2.05, 4.69) is 4.98 Å². The molecular formula is C8H4Cl2N2O. The zero-order valence-corrected chi connectivity index (χ0v) is 7.88. The van der Waals surface area contributed by atoms with Gasteiger partial charge in [-0.2, -0.15) is 0 Å². The highest BCUT2D eigenvalue weighted by molar-refractivity contribution is 6.36. The molecule has 13 heavy (non-hydrogen) atoms. The van der Waals surface area contributed by atoms with E-state index < -0.39 is 0 Å². The SMILES string of the molecule is O=Cc1cnc2c(Cl)cc(Cl)cn12. The van der Waals surface area contributed by atoms with Gasteiger partial charge in [0.1, 0.15) is 5.69 Å². The van der Waals surface area contributed by atoms with Crippen molar-refractivity contribution in [2.45, 2.75) is 0 Å². The van der Waals surface area contributed by atoms with Gasteiger partial charge in [0.15, 0.2) is 11.9 Å². The highest BCUT2D eigenvalue weighted by Gasteiger charge is 2.06. The summed E-state index contributed by atoms with van der Waals surface area (Å²) < 4.78 is 1.55. The number of halogens is 2. The Kier molecular flexibility index (Phi) is 1.98. The Morgan fingerprint density at radius 2 is 2.23 bits per heavy atom. The third-order valence-corrected chi connectivity index (χ3v) is 2.16. The fourth-order valence-electron chi connectivity index (χ4n) is 1.12. The summed E-state index contributed by atoms with van der Waals surface area (Å²) in [6, 6.07) is 1.58. The number of fused-ring (bicyclic) bond motifs is 1. The van der Waals surface area contributed by atoms with Crippen LogP contribution < -0.4 is 0 Å². The molecule has 0 aromatic carbocycles. The fraction of sp³-hybridized carbons (Fsp3) is 0. The lowest BCUT2D eigenvalue weighted by Gasteiger charge is -1.98. The van der Waals surface area contributed by atoms with Crippen LogP contribution in [0.25, 0.3) is 5.65 Å². The molecule has 0 atom stereocenters. The summed E-state index contributed by atoms with van der Waals surface area (Å²) in [6.45, 7) is 0. The van der Waals surface area contributed by atoms with Gasteiger partial charge in [0.05, 0.1) is 16.2 Å². The van der Waals surface area contributed by atoms with Crippen LogP contribution in [0, 0.1) is 0 Å². The van der Waals surface area contributed by atoms with E-state index in [4.69, 9.17) is 23.2 Å². The van der Waals surface area contributed by atoms with Crippen molar-refractivity contribution in [2.24, 2.45) is 0 Å². The van der Waals surface area contributed by atoms with Gasteiger partial charge in [0, 0.05) is 6.20 Å². The molecule has 2 aromatic heterocycles. The smallest absolute Gasteiger partial charge is 0.168 e. The maximum Gasteiger partial charge on any atom is 0.168 e. The molecule has 0 saturated heterocycles. The molecule has 3 nitrogen and oxygen atoms in total. The Labute approximate surface area is 83.9 Å². The van der Waals surface area contributed by atoms with Crippen LogP contribution in [0.15, 0.2) is 18.5 Å². The molecule has 0 spiro atoms. The molecule has 0 aliphatic heterocycles. The van der Waals surface area contributed by atoms with Gasteiger partial charge in [-0.25, -0.2) is 4.98 Å². The van der Waals surface area contributed by atoms with Crippen LogP contribution in [0.5, 0.6) is 0 Å². The largest absolute Gasteiger partial charge is 0.296 e. The average Bonchev–Trinajstić information content (AvgIpc) is 2.47. The highest BCUT2D eigenvalue weighted by atomic mass is 35.5. The van der Waals surface area contributed by atoms with E-state index in [1.54, 1.807) is 16.7 Å². The van der Waals surface area contributed by atoms with Crippen molar-refractivity contribution in [3.05, 3.63) is 34.2 Å². The first-order valence-corrected chi connectivity index (χ1v) is 4.25. The van der Waals surface area contributed by atoms with Gasteiger partial charge < -0.3 is 0 Å². The number of hydrogen-bond donors (Lipinski definition) is 0. The first-order valence-electron chi connectivity index (χ1n) is 3.49. The summed E-state index contributed by atoms with van der Waals surface area (Å²) >= 11 is 11.6. The Morgan fingerprint density at radius 3 is 2.92 bits per heavy atom. The number of rotatable bonds is 1. The van der Waals surface area contributed by atoms with E-state index in [0.717, 1.165) is 0 Å². The van der Waals surface area contributed by atoms with Gasteiger partial charge in [0.2, 0.25) is 0 Å². The predicted molar refractivity (Wildman–Crippen MR) is 50.6 cm³/mol. The standard InChI is InChI=1S/C8H4Cl2N2O/c9-5-1-7(10)8-11-2-6(4-13)12(8)3-5/h1-4H. The topological polar surface area (TPSA) is 34.4 Å². The zero-order valence-electron chi connectivity index (χ0n) is 6.37. The van der Waals surface area contributed by atoms with Crippen molar-refractivity contribution >= 4 is 35.1 Å². The zero-order chi connectivity index (χ0) is 9.42. The van der Waals surface area contributed by atoms with Crippen LogP contribution >= 0.6 is 23.2 Å². The molecule has 0 unspecified atom stereocenters. The van der Waals surface area contributed by atoms with E-state index >= 15 is 0 Å². The van der Waals surface area contributed by atoms with Crippen LogP contribution in [-0.4, -0.2) is 15.7 Å². The number of aldehydes is 1. The second-order valence-electron chi connectivity index (χ2n) is 2.50. The van der Waals surface area contributed by atoms with Crippen LogP contribution in [0.2, 0.25) is 10.0 Å². The van der Waals surface area contributed by atoms with Crippen molar-refractivity contribution in [2.75, 3.05) is 0 Å². The molecule has 0 radical (unpaired) electrons. The van der Waals surface area contributed by atoms with Crippen molar-refractivity contribution in [3.8, 4) is 0 Å². The molecule has 0 aliphatic carbocycles. The van der Waals surface area contributed by atoms with Gasteiger partial charge in [-0.3, -0.25) is 9.20 Å². The summed E-state index contributed by atoms with van der Waals surface area (Å²) in [7, 11) is 0. The van der Waals surface area contributed by atoms with Gasteiger partial charge >= 0.3 is 0 Å². The van der Waals surface area contributed by atoms with Crippen molar-refractivity contribution in [1.82, 2.24) is 9.38 Å². The number of nitrogens with zero attached hydrogens (tertiary/aromatic N) is 2. The third kappa shape index (κ3) is 1.30. The molecule has 0 aliphatic rings. The van der Waals surface area contributed by atoms with E-state index in [-0.39, 0.29) is 0 Å². The number of hydrogen-bond acceptors (Lipinski definition) is 2. The summed E-state index contributed by atoms with van der Waals surface area (Å²) in [4.78, 5) is 14.5. The molecule has 66 valence electrons. The molecule has 2 aromatic rings. The lowest BCUT2D eigenvalue weighted by Crippen LogP contribution is -1.90. The Balaban J connectivity index is 2.89. The second-order valence-corrected chi connectivity index (χ2v) is 3.34. The molecule has 2 heterocycles. The van der Waals surface area contributed by atoms with E-state index in [1.807, 2.05) is 0 Å². The molecule has 0 saturated carbocycles. The van der Waals surface area contributed by atoms with Crippen LogP contribution in [0.3, 0.4) is 0 Å². The first-order chi connectivity index (χ1) is 6.22. The number of pyridine rings is 1. The summed E-state index contributed by atoms with van der Waals surface area (Å²) in [5.74, 6) is 0. The van der Waals surface area contributed by atoms with E-state index in [1.165, 1.54) is 6.20 Å². The van der Waals surface area contributed by atoms with Gasteiger partial charge in [0.25, 0.3) is 0 Å². The summed E-state index contributed by atoms with van der Waals surface area (Å²) in [6.07, 6.45) is 3.75. The molecule has 5 heteroatoms. The fourth-order valence-corrected chi connectivity index (χ4v) is 1.64. The number of imidazole rings is 1. The number of carbonyl (C=O) groups excluding carboxylic acids is 1. The summed E-state index contributed by atoms with van der Waals surface area (Å²) in [5.41, 5.74) is 0.965. The van der Waals surface area contributed by atoms with Crippen LogP contribution in [0.4, 0.5) is 0 Å².